The quantitative estimate of drug-likeness (QED) is 0.216. The van der Waals surface area contributed by atoms with Gasteiger partial charge in [0.15, 0.2) is 0 Å². The third-order valence-corrected chi connectivity index (χ3v) is 7.48. The Labute approximate surface area is 162 Å². The van der Waals surface area contributed by atoms with Crippen molar-refractivity contribution < 1.29 is 23.8 Å². The van der Waals surface area contributed by atoms with E-state index >= 15 is 0 Å². The van der Waals surface area contributed by atoms with E-state index in [2.05, 4.69) is 20.8 Å². The normalized spacial score (nSPS) is 13.7. The molecule has 0 aliphatic heterocycles. The van der Waals surface area contributed by atoms with Gasteiger partial charge in [0.2, 0.25) is 0 Å². The van der Waals surface area contributed by atoms with Crippen LogP contribution in [0.3, 0.4) is 0 Å². The summed E-state index contributed by atoms with van der Waals surface area (Å²) in [5, 5.41) is 0. The summed E-state index contributed by atoms with van der Waals surface area (Å²) in [7, 11) is -4.18. The van der Waals surface area contributed by atoms with Crippen molar-refractivity contribution in [2.75, 3.05) is 45.4 Å². The van der Waals surface area contributed by atoms with Crippen LogP contribution in [-0.4, -0.2) is 55.1 Å². The van der Waals surface area contributed by atoms with Gasteiger partial charge in [-0.05, 0) is 0 Å². The number of ether oxygens (including phenoxy) is 2. The fourth-order valence-electron chi connectivity index (χ4n) is 2.59. The van der Waals surface area contributed by atoms with Crippen LogP contribution in [0.25, 0.3) is 0 Å². The molecule has 160 valence electrons. The van der Waals surface area contributed by atoms with Crippen molar-refractivity contribution in [1.29, 1.82) is 0 Å². The number of hydrogen-bond acceptors (Lipinski definition) is 5. The average Bonchev–Trinajstić information content (AvgIpc) is 2.61. The maximum absolute atomic E-state index is 10.9. The molecule has 0 saturated heterocycles. The molecule has 0 rings (SSSR count). The van der Waals surface area contributed by atoms with Gasteiger partial charge >= 0.3 is 161 Å². The van der Waals surface area contributed by atoms with Crippen LogP contribution in [0.1, 0.15) is 85.0 Å². The maximum atomic E-state index is 10.9. The molecule has 0 atom stereocenters. The van der Waals surface area contributed by atoms with E-state index in [1.165, 1.54) is 25.7 Å². The Bertz CT molecular complexity index is 295. The molecule has 0 heterocycles. The molecule has 0 aromatic rings. The fraction of sp³-hybridized carbons (Fsp3) is 1.00. The Kier molecular flexibility index (Phi) is 16.4. The Morgan fingerprint density at radius 2 is 1.00 bits per heavy atom. The molecule has 5 nitrogen and oxygen atoms in total. The van der Waals surface area contributed by atoms with Gasteiger partial charge < -0.3 is 0 Å². The summed E-state index contributed by atoms with van der Waals surface area (Å²) in [5.74, 6) is 0. The van der Waals surface area contributed by atoms with Crippen molar-refractivity contribution >= 4 is 7.28 Å². The van der Waals surface area contributed by atoms with Crippen molar-refractivity contribution in [2.45, 2.75) is 85.0 Å². The second-order valence-corrected chi connectivity index (χ2v) is 11.0. The summed E-state index contributed by atoms with van der Waals surface area (Å²) in [6, 6.07) is 0. The zero-order chi connectivity index (χ0) is 19.6. The molecule has 6 heteroatoms. The Morgan fingerprint density at radius 1 is 0.538 bits per heavy atom. The molecular formula is C20H45O5P. The molecule has 0 fully saturated rings. The van der Waals surface area contributed by atoms with Gasteiger partial charge in [-0.2, -0.15) is 0 Å². The van der Waals surface area contributed by atoms with Gasteiger partial charge in [-0.15, -0.1) is 0 Å². The van der Waals surface area contributed by atoms with Crippen molar-refractivity contribution in [3.05, 3.63) is 0 Å². The molecule has 0 unspecified atom stereocenters. The van der Waals surface area contributed by atoms with Gasteiger partial charge in [-0.25, -0.2) is 0 Å². The van der Waals surface area contributed by atoms with E-state index in [0.717, 1.165) is 38.5 Å². The van der Waals surface area contributed by atoms with Crippen LogP contribution in [0.5, 0.6) is 0 Å². The van der Waals surface area contributed by atoms with Crippen LogP contribution < -0.4 is 0 Å². The summed E-state index contributed by atoms with van der Waals surface area (Å²) >= 11 is 0. The van der Waals surface area contributed by atoms with E-state index in [4.69, 9.17) is 14.0 Å². The summed E-state index contributed by atoms with van der Waals surface area (Å²) in [4.78, 5) is 21.9. The van der Waals surface area contributed by atoms with Gasteiger partial charge in [0.05, 0.1) is 0 Å². The topological polar surface area (TPSA) is 68.2 Å². The SMILES string of the molecule is CCCCCCCCOP(O)(O)(CCOCCCC)CCOCCCC. The second kappa shape index (κ2) is 16.2. The molecule has 0 aliphatic rings. The predicted molar refractivity (Wildman–Crippen MR) is 112 cm³/mol. The van der Waals surface area contributed by atoms with E-state index in [1.807, 2.05) is 0 Å². The first-order chi connectivity index (χ1) is 12.5. The van der Waals surface area contributed by atoms with Gasteiger partial charge in [0, 0.05) is 0 Å². The van der Waals surface area contributed by atoms with Crippen LogP contribution in [0.2, 0.25) is 0 Å². The Hall–Kier alpha value is 0.230. The molecule has 0 saturated carbocycles. The van der Waals surface area contributed by atoms with E-state index < -0.39 is 7.28 Å². The summed E-state index contributed by atoms with van der Waals surface area (Å²) in [6.45, 7) is 8.81. The monoisotopic (exact) mass is 396 g/mol. The minimum absolute atomic E-state index is 0.169. The molecule has 26 heavy (non-hydrogen) atoms. The van der Waals surface area contributed by atoms with Crippen molar-refractivity contribution in [2.24, 2.45) is 0 Å². The molecule has 0 aromatic carbocycles. The fourth-order valence-corrected chi connectivity index (χ4v) is 4.62. The first-order valence-corrected chi connectivity index (χ1v) is 13.2. The predicted octanol–water partition coefficient (Wildman–Crippen LogP) is 5.28. The summed E-state index contributed by atoms with van der Waals surface area (Å²) in [6.07, 6.45) is 11.3. The van der Waals surface area contributed by atoms with E-state index in [-0.39, 0.29) is 12.3 Å². The van der Waals surface area contributed by atoms with E-state index in [9.17, 15) is 9.79 Å². The van der Waals surface area contributed by atoms with Gasteiger partial charge in [0.25, 0.3) is 0 Å². The molecular weight excluding hydrogens is 351 g/mol. The van der Waals surface area contributed by atoms with E-state index in [0.29, 0.717) is 33.0 Å². The molecule has 0 aliphatic carbocycles. The van der Waals surface area contributed by atoms with Crippen molar-refractivity contribution in [3.63, 3.8) is 0 Å². The molecule has 0 radical (unpaired) electrons. The van der Waals surface area contributed by atoms with Crippen molar-refractivity contribution in [1.82, 2.24) is 0 Å². The second-order valence-electron chi connectivity index (χ2n) is 7.28. The average molecular weight is 397 g/mol. The molecule has 0 amide bonds. The third-order valence-electron chi connectivity index (χ3n) is 4.54. The Morgan fingerprint density at radius 3 is 1.50 bits per heavy atom. The first-order valence-electron chi connectivity index (χ1n) is 10.8. The van der Waals surface area contributed by atoms with Crippen LogP contribution in [0.15, 0.2) is 0 Å². The molecule has 0 bridgehead atoms. The third kappa shape index (κ3) is 15.3. The standard InChI is InChI=1S/C20H45O5P/c1-4-7-10-11-12-13-16-25-26(21,22,19-17-23-14-8-5-2)20-18-24-15-9-6-3/h21-22H,4-20H2,1-3H3. The number of rotatable bonds is 20. The molecule has 2 N–H and O–H groups in total. The first kappa shape index (κ1) is 26.2. The molecule has 0 aromatic heterocycles. The summed E-state index contributed by atoms with van der Waals surface area (Å²) < 4.78 is 16.8. The van der Waals surface area contributed by atoms with Crippen molar-refractivity contribution in [3.8, 4) is 0 Å². The molecule has 0 spiro atoms. The van der Waals surface area contributed by atoms with Gasteiger partial charge in [-0.3, -0.25) is 0 Å². The van der Waals surface area contributed by atoms with E-state index in [1.54, 1.807) is 0 Å². The minimum atomic E-state index is -4.18. The van der Waals surface area contributed by atoms with Crippen LogP contribution in [0, 0.1) is 0 Å². The zero-order valence-electron chi connectivity index (χ0n) is 17.6. The number of unbranched alkanes of at least 4 members (excludes halogenated alkanes) is 7. The van der Waals surface area contributed by atoms with Crippen LogP contribution in [-0.2, 0) is 14.0 Å². The number of hydrogen-bond donors (Lipinski definition) is 2. The van der Waals surface area contributed by atoms with Crippen LogP contribution in [0.4, 0.5) is 0 Å². The van der Waals surface area contributed by atoms with Crippen LogP contribution >= 0.6 is 7.28 Å². The zero-order valence-corrected chi connectivity index (χ0v) is 18.5. The van der Waals surface area contributed by atoms with Gasteiger partial charge in [0.1, 0.15) is 0 Å². The Balaban J connectivity index is 4.26. The summed E-state index contributed by atoms with van der Waals surface area (Å²) in [5.41, 5.74) is 0. The van der Waals surface area contributed by atoms with Gasteiger partial charge in [-0.1, -0.05) is 0 Å².